The van der Waals surface area contributed by atoms with Crippen molar-refractivity contribution in [3.05, 3.63) is 18.2 Å². The number of hydrogen-bond donors (Lipinski definition) is 2. The average molecular weight is 323 g/mol. The van der Waals surface area contributed by atoms with Crippen LogP contribution in [-0.2, 0) is 11.3 Å². The molecule has 0 bridgehead atoms. The van der Waals surface area contributed by atoms with Gasteiger partial charge in [-0.25, -0.2) is 4.98 Å². The Morgan fingerprint density at radius 3 is 2.60 bits per heavy atom. The Balaban J connectivity index is 0.00000180. The maximum absolute atomic E-state index is 12.1. The highest BCUT2D eigenvalue weighted by Gasteiger charge is 2.34. The quantitative estimate of drug-likeness (QED) is 0.888. The minimum atomic E-state index is -0.637. The van der Waals surface area contributed by atoms with Crippen LogP contribution in [0.2, 0.25) is 0 Å². The van der Waals surface area contributed by atoms with Crippen molar-refractivity contribution in [2.45, 2.75) is 51.1 Å². The Morgan fingerprint density at radius 1 is 1.40 bits per heavy atom. The molecule has 3 N–H and O–H groups in total. The van der Waals surface area contributed by atoms with Gasteiger partial charge >= 0.3 is 0 Å². The summed E-state index contributed by atoms with van der Waals surface area (Å²) in [7, 11) is 0. The molecule has 0 unspecified atom stereocenters. The van der Waals surface area contributed by atoms with Crippen LogP contribution >= 0.6 is 24.8 Å². The first-order valence-electron chi connectivity index (χ1n) is 6.67. The molecule has 0 saturated heterocycles. The van der Waals surface area contributed by atoms with E-state index in [1.54, 1.807) is 6.20 Å². The summed E-state index contributed by atoms with van der Waals surface area (Å²) in [5.41, 5.74) is 5.52. The number of hydrogen-bond acceptors (Lipinski definition) is 3. The van der Waals surface area contributed by atoms with E-state index in [4.69, 9.17) is 5.73 Å². The number of imidazole rings is 1. The number of aryl methyl sites for hydroxylation is 1. The first-order chi connectivity index (χ1) is 8.62. The molecule has 1 aliphatic carbocycles. The molecule has 1 aromatic rings. The molecular formula is C13H24Cl2N4O. The van der Waals surface area contributed by atoms with Gasteiger partial charge in [-0.2, -0.15) is 0 Å². The maximum atomic E-state index is 12.1. The normalized spacial score (nSPS) is 16.7. The third-order valence-corrected chi connectivity index (χ3v) is 3.76. The van der Waals surface area contributed by atoms with Crippen molar-refractivity contribution < 1.29 is 4.79 Å². The second-order valence-electron chi connectivity index (χ2n) is 5.14. The molecule has 1 heterocycles. The smallest absolute Gasteiger partial charge is 0.240 e. The summed E-state index contributed by atoms with van der Waals surface area (Å²) in [6.07, 6.45) is 8.62. The summed E-state index contributed by atoms with van der Waals surface area (Å²) in [5, 5.41) is 2.95. The molecule has 0 aliphatic heterocycles. The van der Waals surface area contributed by atoms with Crippen LogP contribution in [0.15, 0.2) is 12.4 Å². The van der Waals surface area contributed by atoms with E-state index in [2.05, 4.69) is 10.3 Å². The molecule has 1 aromatic heterocycles. The van der Waals surface area contributed by atoms with E-state index in [-0.39, 0.29) is 30.7 Å². The lowest BCUT2D eigenvalue weighted by atomic mass is 9.82. The molecule has 20 heavy (non-hydrogen) atoms. The van der Waals surface area contributed by atoms with Crippen molar-refractivity contribution in [1.29, 1.82) is 0 Å². The number of nitrogens with zero attached hydrogens (tertiary/aromatic N) is 2. The van der Waals surface area contributed by atoms with E-state index in [1.165, 1.54) is 6.42 Å². The van der Waals surface area contributed by atoms with E-state index < -0.39 is 5.54 Å². The van der Waals surface area contributed by atoms with Crippen LogP contribution in [0.4, 0.5) is 0 Å². The zero-order chi connectivity index (χ0) is 13.0. The third kappa shape index (κ3) is 4.65. The van der Waals surface area contributed by atoms with Crippen LogP contribution in [0.5, 0.6) is 0 Å². The zero-order valence-electron chi connectivity index (χ0n) is 11.8. The van der Waals surface area contributed by atoms with Crippen LogP contribution in [0.25, 0.3) is 0 Å². The summed E-state index contributed by atoms with van der Waals surface area (Å²) in [6, 6.07) is 0. The number of carbonyl (C=O) groups is 1. The molecular weight excluding hydrogens is 299 g/mol. The molecule has 1 saturated carbocycles. The van der Waals surface area contributed by atoms with Gasteiger partial charge in [0, 0.05) is 25.5 Å². The molecule has 0 atom stereocenters. The maximum Gasteiger partial charge on any atom is 0.240 e. The van der Waals surface area contributed by atoms with Crippen molar-refractivity contribution >= 4 is 30.7 Å². The van der Waals surface area contributed by atoms with Crippen LogP contribution < -0.4 is 11.1 Å². The largest absolute Gasteiger partial charge is 0.353 e. The predicted octanol–water partition coefficient (Wildman–Crippen LogP) is 1.81. The second-order valence-corrected chi connectivity index (χ2v) is 5.14. The molecule has 0 spiro atoms. The molecule has 7 heteroatoms. The topological polar surface area (TPSA) is 72.9 Å². The molecule has 1 aliphatic rings. The fourth-order valence-corrected chi connectivity index (χ4v) is 2.52. The van der Waals surface area contributed by atoms with Crippen molar-refractivity contribution in [2.75, 3.05) is 6.54 Å². The average Bonchev–Trinajstić information content (AvgIpc) is 2.76. The monoisotopic (exact) mass is 322 g/mol. The highest BCUT2D eigenvalue weighted by atomic mass is 35.5. The standard InChI is InChI=1S/C13H22N4O.2ClH/c1-11-15-7-9-17(11)10-8-16-12(18)13(14)5-3-2-4-6-13;;/h7,9H,2-6,8,10,14H2,1H3,(H,16,18);2*1H. The van der Waals surface area contributed by atoms with Crippen LogP contribution in [0.3, 0.4) is 0 Å². The highest BCUT2D eigenvalue weighted by molar-refractivity contribution is 5.86. The number of nitrogens with two attached hydrogens (primary N) is 1. The summed E-state index contributed by atoms with van der Waals surface area (Å²) < 4.78 is 2.02. The molecule has 5 nitrogen and oxygen atoms in total. The Bertz CT molecular complexity index is 416. The predicted molar refractivity (Wildman–Crippen MR) is 84.5 cm³/mol. The fraction of sp³-hybridized carbons (Fsp3) is 0.692. The highest BCUT2D eigenvalue weighted by Crippen LogP contribution is 2.25. The first kappa shape index (κ1) is 19.2. The molecule has 116 valence electrons. The van der Waals surface area contributed by atoms with Gasteiger partial charge in [0.25, 0.3) is 0 Å². The van der Waals surface area contributed by atoms with E-state index in [0.717, 1.165) is 38.1 Å². The lowest BCUT2D eigenvalue weighted by Gasteiger charge is -2.31. The molecule has 2 rings (SSSR count). The van der Waals surface area contributed by atoms with Gasteiger partial charge in [0.15, 0.2) is 0 Å². The van der Waals surface area contributed by atoms with E-state index >= 15 is 0 Å². The van der Waals surface area contributed by atoms with Gasteiger partial charge in [-0.1, -0.05) is 19.3 Å². The number of amides is 1. The van der Waals surface area contributed by atoms with E-state index in [1.807, 2.05) is 17.7 Å². The molecule has 0 radical (unpaired) electrons. The summed E-state index contributed by atoms with van der Waals surface area (Å²) >= 11 is 0. The van der Waals surface area contributed by atoms with Gasteiger partial charge in [-0.05, 0) is 19.8 Å². The van der Waals surface area contributed by atoms with Crippen molar-refractivity contribution in [1.82, 2.24) is 14.9 Å². The summed E-state index contributed by atoms with van der Waals surface area (Å²) in [6.45, 7) is 3.30. The number of rotatable bonds is 4. The van der Waals surface area contributed by atoms with Gasteiger partial charge in [-0.15, -0.1) is 24.8 Å². The molecule has 0 aromatic carbocycles. The Hall–Kier alpha value is -0.780. The number of aromatic nitrogens is 2. The number of nitrogens with one attached hydrogen (secondary N) is 1. The lowest BCUT2D eigenvalue weighted by Crippen LogP contribution is -2.55. The van der Waals surface area contributed by atoms with Gasteiger partial charge < -0.3 is 15.6 Å². The molecule has 1 fully saturated rings. The summed E-state index contributed by atoms with van der Waals surface area (Å²) in [4.78, 5) is 16.2. The zero-order valence-corrected chi connectivity index (χ0v) is 13.4. The van der Waals surface area contributed by atoms with Gasteiger partial charge in [0.1, 0.15) is 5.82 Å². The summed E-state index contributed by atoms with van der Waals surface area (Å²) in [5.74, 6) is 0.962. The number of halogens is 2. The first-order valence-corrected chi connectivity index (χ1v) is 6.67. The fourth-order valence-electron chi connectivity index (χ4n) is 2.52. The lowest BCUT2D eigenvalue weighted by molar-refractivity contribution is -0.127. The van der Waals surface area contributed by atoms with E-state index in [0.29, 0.717) is 6.54 Å². The minimum absolute atomic E-state index is 0. The van der Waals surface area contributed by atoms with Crippen molar-refractivity contribution in [2.24, 2.45) is 5.73 Å². The Kier molecular flexibility index (Phi) is 8.16. The Labute approximate surface area is 132 Å². The van der Waals surface area contributed by atoms with Crippen molar-refractivity contribution in [3.63, 3.8) is 0 Å². The molecule has 1 amide bonds. The van der Waals surface area contributed by atoms with Crippen molar-refractivity contribution in [3.8, 4) is 0 Å². The second kappa shape index (κ2) is 8.49. The minimum Gasteiger partial charge on any atom is -0.353 e. The van der Waals surface area contributed by atoms with Crippen LogP contribution in [-0.4, -0.2) is 27.5 Å². The van der Waals surface area contributed by atoms with Gasteiger partial charge in [0.05, 0.1) is 5.54 Å². The van der Waals surface area contributed by atoms with Crippen LogP contribution in [0.1, 0.15) is 37.9 Å². The third-order valence-electron chi connectivity index (χ3n) is 3.76. The Morgan fingerprint density at radius 2 is 2.05 bits per heavy atom. The SMILES string of the molecule is Cc1nccn1CCNC(=O)C1(N)CCCCC1.Cl.Cl. The number of carbonyl (C=O) groups excluding carboxylic acids is 1. The van der Waals surface area contributed by atoms with Gasteiger partial charge in [0.2, 0.25) is 5.91 Å². The van der Waals surface area contributed by atoms with Crippen LogP contribution in [0, 0.1) is 6.92 Å². The van der Waals surface area contributed by atoms with Gasteiger partial charge in [-0.3, -0.25) is 4.79 Å². The van der Waals surface area contributed by atoms with E-state index in [9.17, 15) is 4.79 Å².